The van der Waals surface area contributed by atoms with Crippen LogP contribution in [0.1, 0.15) is 27.2 Å². The van der Waals surface area contributed by atoms with Gasteiger partial charge in [0.05, 0.1) is 23.3 Å². The van der Waals surface area contributed by atoms with Crippen molar-refractivity contribution in [1.29, 1.82) is 0 Å². The van der Waals surface area contributed by atoms with E-state index in [9.17, 15) is 4.79 Å². The molecule has 6 heteroatoms. The molecule has 5 nitrogen and oxygen atoms in total. The first kappa shape index (κ1) is 18.7. The molecule has 1 aromatic carbocycles. The second-order valence-electron chi connectivity index (χ2n) is 7.61. The van der Waals surface area contributed by atoms with E-state index in [1.807, 2.05) is 31.2 Å². The number of nitrogens with two attached hydrogens (primary N) is 1. The van der Waals surface area contributed by atoms with Crippen LogP contribution in [0.25, 0.3) is 11.0 Å². The van der Waals surface area contributed by atoms with Crippen LogP contribution in [-0.2, 0) is 6.54 Å². The Morgan fingerprint density at radius 2 is 1.96 bits per heavy atom. The minimum Gasteiger partial charge on any atom is -0.383 e. The predicted molar refractivity (Wildman–Crippen MR) is 113 cm³/mol. The fraction of sp³-hybridized carbons (Fsp3) is 0.238. The molecule has 0 spiro atoms. The van der Waals surface area contributed by atoms with Crippen molar-refractivity contribution in [3.8, 4) is 11.5 Å². The van der Waals surface area contributed by atoms with Crippen molar-refractivity contribution >= 4 is 30.8 Å². The lowest BCUT2D eigenvalue weighted by Gasteiger charge is -2.06. The summed E-state index contributed by atoms with van der Waals surface area (Å²) in [6, 6.07) is 11.1. The van der Waals surface area contributed by atoms with Crippen molar-refractivity contribution in [3.05, 3.63) is 58.8 Å². The Morgan fingerprint density at radius 3 is 2.63 bits per heavy atom. The third-order valence-corrected chi connectivity index (χ3v) is 4.98. The normalized spacial score (nSPS) is 11.1. The molecule has 1 amide bonds. The van der Waals surface area contributed by atoms with Crippen molar-refractivity contribution in [2.24, 2.45) is 0 Å². The van der Waals surface area contributed by atoms with Crippen molar-refractivity contribution in [1.82, 2.24) is 15.3 Å². The van der Waals surface area contributed by atoms with Gasteiger partial charge in [-0.25, -0.2) is 4.98 Å². The second kappa shape index (κ2) is 7.29. The van der Waals surface area contributed by atoms with Gasteiger partial charge in [-0.1, -0.05) is 43.8 Å². The monoisotopic (exact) mass is 376 g/mol. The lowest BCUT2D eigenvalue weighted by molar-refractivity contribution is 0.0950. The molecule has 2 aromatic heterocycles. The highest BCUT2D eigenvalue weighted by Gasteiger charge is 2.15. The van der Waals surface area contributed by atoms with Gasteiger partial charge >= 0.3 is 0 Å². The van der Waals surface area contributed by atoms with Crippen LogP contribution in [0.2, 0.25) is 19.6 Å². The molecule has 0 atom stereocenters. The number of pyridine rings is 1. The Bertz CT molecular complexity index is 1050. The average molecular weight is 377 g/mol. The van der Waals surface area contributed by atoms with Crippen molar-refractivity contribution in [2.75, 3.05) is 5.73 Å². The van der Waals surface area contributed by atoms with E-state index in [2.05, 4.69) is 46.4 Å². The third kappa shape index (κ3) is 4.38. The maximum atomic E-state index is 12.4. The molecule has 0 saturated heterocycles. The Balaban J connectivity index is 1.98. The number of aryl methyl sites for hydroxylation is 1. The Hall–Kier alpha value is -3.04. The Labute approximate surface area is 160 Å². The first-order valence-corrected chi connectivity index (χ1v) is 12.4. The number of nitrogens with one attached hydrogen (secondary N) is 2. The molecule has 0 radical (unpaired) electrons. The molecule has 0 bridgehead atoms. The largest absolute Gasteiger partial charge is 0.383 e. The average Bonchev–Trinajstić information content (AvgIpc) is 2.95. The summed E-state index contributed by atoms with van der Waals surface area (Å²) in [4.78, 5) is 20.3. The predicted octanol–water partition coefficient (Wildman–Crippen LogP) is 3.61. The number of carbonyl (C=O) groups excluding carboxylic acids is 1. The maximum Gasteiger partial charge on any atom is 0.251 e. The van der Waals surface area contributed by atoms with E-state index in [4.69, 9.17) is 5.73 Å². The minimum absolute atomic E-state index is 0.123. The van der Waals surface area contributed by atoms with Gasteiger partial charge in [-0.2, -0.15) is 0 Å². The van der Waals surface area contributed by atoms with Gasteiger partial charge in [0.2, 0.25) is 0 Å². The summed E-state index contributed by atoms with van der Waals surface area (Å²) in [5.41, 5.74) is 14.2. The highest BCUT2D eigenvalue weighted by atomic mass is 28.3. The zero-order chi connectivity index (χ0) is 19.6. The molecule has 2 heterocycles. The number of aromatic amines is 1. The van der Waals surface area contributed by atoms with Gasteiger partial charge < -0.3 is 16.0 Å². The smallest absolute Gasteiger partial charge is 0.251 e. The number of anilines is 1. The molecule has 138 valence electrons. The number of rotatable bonds is 3. The van der Waals surface area contributed by atoms with E-state index in [0.29, 0.717) is 17.9 Å². The zero-order valence-electron chi connectivity index (χ0n) is 16.1. The van der Waals surface area contributed by atoms with Crippen LogP contribution in [0.15, 0.2) is 36.4 Å². The minimum atomic E-state index is -1.57. The van der Waals surface area contributed by atoms with Crippen LogP contribution >= 0.6 is 0 Å². The SMILES string of the molecule is Cc1cc2[nH]c(CNC(=O)c3ccccc3)c(C#C[Si](C)(C)C)c2nc1N. The van der Waals surface area contributed by atoms with E-state index in [1.165, 1.54) is 0 Å². The quantitative estimate of drug-likeness (QED) is 0.482. The third-order valence-electron chi connectivity index (χ3n) is 4.10. The van der Waals surface area contributed by atoms with Crippen LogP contribution in [0, 0.1) is 18.4 Å². The molecule has 0 aliphatic heterocycles. The molecule has 27 heavy (non-hydrogen) atoms. The van der Waals surface area contributed by atoms with Gasteiger partial charge in [0.1, 0.15) is 19.4 Å². The van der Waals surface area contributed by atoms with Gasteiger partial charge in [-0.05, 0) is 30.7 Å². The van der Waals surface area contributed by atoms with Crippen molar-refractivity contribution < 1.29 is 4.79 Å². The van der Waals surface area contributed by atoms with Crippen LogP contribution in [0.5, 0.6) is 0 Å². The summed E-state index contributed by atoms with van der Waals surface area (Å²) >= 11 is 0. The molecule has 4 N–H and O–H groups in total. The summed E-state index contributed by atoms with van der Waals surface area (Å²) in [5.74, 6) is 3.67. The molecule has 3 rings (SSSR count). The second-order valence-corrected chi connectivity index (χ2v) is 12.4. The maximum absolute atomic E-state index is 12.4. The number of carbonyl (C=O) groups is 1. The van der Waals surface area contributed by atoms with Crippen LogP contribution in [0.4, 0.5) is 5.82 Å². The highest BCUT2D eigenvalue weighted by molar-refractivity contribution is 6.83. The summed E-state index contributed by atoms with van der Waals surface area (Å²) in [7, 11) is -1.57. The zero-order valence-corrected chi connectivity index (χ0v) is 17.1. The van der Waals surface area contributed by atoms with E-state index >= 15 is 0 Å². The van der Waals surface area contributed by atoms with Gasteiger partial charge in [0, 0.05) is 5.56 Å². The molecule has 0 aliphatic rings. The number of H-pyrrole nitrogens is 1. The van der Waals surface area contributed by atoms with Crippen molar-refractivity contribution in [2.45, 2.75) is 33.1 Å². The van der Waals surface area contributed by atoms with Gasteiger partial charge in [0.25, 0.3) is 5.91 Å². The highest BCUT2D eigenvalue weighted by Crippen LogP contribution is 2.24. The number of hydrogen-bond acceptors (Lipinski definition) is 3. The summed E-state index contributed by atoms with van der Waals surface area (Å²) < 4.78 is 0. The first-order valence-electron chi connectivity index (χ1n) is 8.89. The molecule has 3 aromatic rings. The first-order chi connectivity index (χ1) is 12.7. The summed E-state index contributed by atoms with van der Waals surface area (Å²) in [6.45, 7) is 8.85. The molecule has 0 saturated carbocycles. The number of benzene rings is 1. The number of amides is 1. The summed E-state index contributed by atoms with van der Waals surface area (Å²) in [6.07, 6.45) is 0. The molecular weight excluding hydrogens is 352 g/mol. The number of nitrogens with zero attached hydrogens (tertiary/aromatic N) is 1. The Kier molecular flexibility index (Phi) is 5.06. The van der Waals surface area contributed by atoms with Gasteiger partial charge in [-0.15, -0.1) is 5.54 Å². The Morgan fingerprint density at radius 1 is 1.26 bits per heavy atom. The van der Waals surface area contributed by atoms with Crippen LogP contribution in [0.3, 0.4) is 0 Å². The van der Waals surface area contributed by atoms with E-state index in [1.54, 1.807) is 12.1 Å². The molecular formula is C21H24N4OSi. The van der Waals surface area contributed by atoms with E-state index in [-0.39, 0.29) is 5.91 Å². The number of nitrogen functional groups attached to an aromatic ring is 1. The molecule has 0 fully saturated rings. The van der Waals surface area contributed by atoms with Gasteiger partial charge in [0.15, 0.2) is 0 Å². The lowest BCUT2D eigenvalue weighted by atomic mass is 10.2. The van der Waals surface area contributed by atoms with Crippen LogP contribution in [-0.4, -0.2) is 23.9 Å². The standard InChI is InChI=1S/C21H24N4OSi/c1-14-12-17-19(25-20(14)22)16(10-11-27(2,3)4)18(24-17)13-23-21(26)15-8-6-5-7-9-15/h5-9,12,24H,13H2,1-4H3,(H2,22,25)(H,23,26). The van der Waals surface area contributed by atoms with E-state index < -0.39 is 8.07 Å². The van der Waals surface area contributed by atoms with Crippen LogP contribution < -0.4 is 11.1 Å². The van der Waals surface area contributed by atoms with Crippen molar-refractivity contribution in [3.63, 3.8) is 0 Å². The fourth-order valence-corrected chi connectivity index (χ4v) is 3.16. The number of fused-ring (bicyclic) bond motifs is 1. The number of aromatic nitrogens is 2. The fourth-order valence-electron chi connectivity index (χ4n) is 2.66. The van der Waals surface area contributed by atoms with Gasteiger partial charge in [-0.3, -0.25) is 4.79 Å². The summed E-state index contributed by atoms with van der Waals surface area (Å²) in [5, 5.41) is 2.96. The molecule has 0 unspecified atom stereocenters. The number of hydrogen-bond donors (Lipinski definition) is 3. The topological polar surface area (TPSA) is 83.8 Å². The molecule has 0 aliphatic carbocycles. The lowest BCUT2D eigenvalue weighted by Crippen LogP contribution is -2.23. The van der Waals surface area contributed by atoms with E-state index in [0.717, 1.165) is 27.9 Å².